The van der Waals surface area contributed by atoms with Crippen molar-refractivity contribution in [3.8, 4) is 11.6 Å². The summed E-state index contributed by atoms with van der Waals surface area (Å²) in [6.45, 7) is 4.29. The molecule has 0 spiro atoms. The summed E-state index contributed by atoms with van der Waals surface area (Å²) >= 11 is 0. The molecule has 1 aromatic carbocycles. The van der Waals surface area contributed by atoms with Crippen LogP contribution in [-0.4, -0.2) is 16.2 Å². The van der Waals surface area contributed by atoms with Crippen LogP contribution in [0.25, 0.3) is 22.6 Å². The van der Waals surface area contributed by atoms with Gasteiger partial charge in [0.15, 0.2) is 5.76 Å². The second-order valence-corrected chi connectivity index (χ2v) is 5.75. The van der Waals surface area contributed by atoms with Crippen LogP contribution in [0.1, 0.15) is 26.2 Å². The standard InChI is InChI=1S/C16H19N3O2/c1-10(2)7-12(17)9-15-18-16(19-21-15)14-8-11-5-3-4-6-13(11)20-14/h3-6,8,10,12H,7,9,17H2,1-2H3. The third kappa shape index (κ3) is 3.13. The van der Waals surface area contributed by atoms with E-state index in [2.05, 4.69) is 24.0 Å². The van der Waals surface area contributed by atoms with Crippen molar-refractivity contribution in [3.63, 3.8) is 0 Å². The number of nitrogens with zero attached hydrogens (tertiary/aromatic N) is 2. The molecule has 2 N–H and O–H groups in total. The van der Waals surface area contributed by atoms with Crippen molar-refractivity contribution in [1.29, 1.82) is 0 Å². The molecule has 3 aromatic rings. The minimum atomic E-state index is 0.0361. The molecule has 110 valence electrons. The highest BCUT2D eigenvalue weighted by molar-refractivity contribution is 5.81. The molecule has 2 heterocycles. The third-order valence-electron chi connectivity index (χ3n) is 3.32. The Bertz CT molecular complexity index is 697. The van der Waals surface area contributed by atoms with Gasteiger partial charge in [0.25, 0.3) is 0 Å². The Morgan fingerprint density at radius 1 is 1.24 bits per heavy atom. The van der Waals surface area contributed by atoms with E-state index < -0.39 is 0 Å². The molecular formula is C16H19N3O2. The maximum absolute atomic E-state index is 6.06. The Morgan fingerprint density at radius 2 is 2.05 bits per heavy atom. The lowest BCUT2D eigenvalue weighted by molar-refractivity contribution is 0.358. The summed E-state index contributed by atoms with van der Waals surface area (Å²) in [5.41, 5.74) is 6.88. The summed E-state index contributed by atoms with van der Waals surface area (Å²) < 4.78 is 11.0. The van der Waals surface area contributed by atoms with Crippen LogP contribution < -0.4 is 5.73 Å². The summed E-state index contributed by atoms with van der Waals surface area (Å²) in [6, 6.07) is 9.75. The monoisotopic (exact) mass is 285 g/mol. The third-order valence-corrected chi connectivity index (χ3v) is 3.32. The van der Waals surface area contributed by atoms with Gasteiger partial charge in [-0.2, -0.15) is 4.98 Å². The summed E-state index contributed by atoms with van der Waals surface area (Å²) in [5.74, 6) is 2.19. The minimum Gasteiger partial charge on any atom is -0.453 e. The van der Waals surface area contributed by atoms with Crippen LogP contribution in [0.5, 0.6) is 0 Å². The molecule has 2 aromatic heterocycles. The molecule has 0 amide bonds. The molecule has 0 fully saturated rings. The van der Waals surface area contributed by atoms with Gasteiger partial charge in [-0.3, -0.25) is 0 Å². The number of hydrogen-bond donors (Lipinski definition) is 1. The largest absolute Gasteiger partial charge is 0.453 e. The van der Waals surface area contributed by atoms with Crippen molar-refractivity contribution in [2.75, 3.05) is 0 Å². The molecule has 0 aliphatic carbocycles. The summed E-state index contributed by atoms with van der Waals surface area (Å²) in [7, 11) is 0. The molecule has 3 rings (SSSR count). The highest BCUT2D eigenvalue weighted by Gasteiger charge is 2.16. The number of benzene rings is 1. The predicted molar refractivity (Wildman–Crippen MR) is 80.6 cm³/mol. The van der Waals surface area contributed by atoms with E-state index in [-0.39, 0.29) is 6.04 Å². The zero-order valence-corrected chi connectivity index (χ0v) is 12.2. The minimum absolute atomic E-state index is 0.0361. The first kappa shape index (κ1) is 13.8. The average Bonchev–Trinajstić information content (AvgIpc) is 3.03. The van der Waals surface area contributed by atoms with Gasteiger partial charge < -0.3 is 14.7 Å². The lowest BCUT2D eigenvalue weighted by atomic mass is 10.0. The number of fused-ring (bicyclic) bond motifs is 1. The Kier molecular flexibility index (Phi) is 3.75. The fraction of sp³-hybridized carbons (Fsp3) is 0.375. The van der Waals surface area contributed by atoms with Crippen molar-refractivity contribution in [1.82, 2.24) is 10.1 Å². The molecule has 21 heavy (non-hydrogen) atoms. The van der Waals surface area contributed by atoms with Gasteiger partial charge in [-0.25, -0.2) is 0 Å². The zero-order valence-electron chi connectivity index (χ0n) is 12.2. The van der Waals surface area contributed by atoms with Gasteiger partial charge in [-0.05, 0) is 24.5 Å². The molecular weight excluding hydrogens is 266 g/mol. The van der Waals surface area contributed by atoms with Crippen LogP contribution in [0.2, 0.25) is 0 Å². The first-order valence-corrected chi connectivity index (χ1v) is 7.19. The lowest BCUT2D eigenvalue weighted by Gasteiger charge is -2.10. The number of aromatic nitrogens is 2. The van der Waals surface area contributed by atoms with Crippen LogP contribution in [0, 0.1) is 5.92 Å². The van der Waals surface area contributed by atoms with E-state index in [1.807, 2.05) is 30.3 Å². The van der Waals surface area contributed by atoms with Gasteiger partial charge in [0.1, 0.15) is 5.58 Å². The zero-order chi connectivity index (χ0) is 14.8. The topological polar surface area (TPSA) is 78.1 Å². The predicted octanol–water partition coefficient (Wildman–Crippen LogP) is 3.40. The Labute approximate surface area is 123 Å². The molecule has 0 radical (unpaired) electrons. The first-order chi connectivity index (χ1) is 10.1. The SMILES string of the molecule is CC(C)CC(N)Cc1nc(-c2cc3ccccc3o2)no1. The molecule has 5 heteroatoms. The summed E-state index contributed by atoms with van der Waals surface area (Å²) in [5, 5.41) is 5.00. The molecule has 0 aliphatic rings. The van der Waals surface area contributed by atoms with Gasteiger partial charge >= 0.3 is 0 Å². The number of hydrogen-bond acceptors (Lipinski definition) is 5. The van der Waals surface area contributed by atoms with Gasteiger partial charge in [0.05, 0.1) is 0 Å². The second kappa shape index (κ2) is 5.69. The van der Waals surface area contributed by atoms with Gasteiger partial charge in [-0.1, -0.05) is 37.2 Å². The summed E-state index contributed by atoms with van der Waals surface area (Å²) in [4.78, 5) is 4.37. The van der Waals surface area contributed by atoms with E-state index in [0.29, 0.717) is 29.8 Å². The first-order valence-electron chi connectivity index (χ1n) is 7.19. The fourth-order valence-electron chi connectivity index (χ4n) is 2.44. The number of nitrogens with two attached hydrogens (primary N) is 1. The van der Waals surface area contributed by atoms with Crippen LogP contribution >= 0.6 is 0 Å². The van der Waals surface area contributed by atoms with Crippen LogP contribution in [0.4, 0.5) is 0 Å². The highest BCUT2D eigenvalue weighted by Crippen LogP contribution is 2.25. The number of para-hydroxylation sites is 1. The van der Waals surface area contributed by atoms with Crippen molar-refractivity contribution in [2.45, 2.75) is 32.7 Å². The quantitative estimate of drug-likeness (QED) is 0.777. The highest BCUT2D eigenvalue weighted by atomic mass is 16.5. The van der Waals surface area contributed by atoms with Gasteiger partial charge in [0.2, 0.25) is 11.7 Å². The Balaban J connectivity index is 1.78. The van der Waals surface area contributed by atoms with E-state index in [9.17, 15) is 0 Å². The van der Waals surface area contributed by atoms with Crippen LogP contribution in [0.3, 0.4) is 0 Å². The van der Waals surface area contributed by atoms with Crippen molar-refractivity contribution >= 4 is 11.0 Å². The second-order valence-electron chi connectivity index (χ2n) is 5.75. The van der Waals surface area contributed by atoms with Gasteiger partial charge in [-0.15, -0.1) is 0 Å². The maximum atomic E-state index is 6.06. The number of rotatable bonds is 5. The number of furan rings is 1. The molecule has 1 unspecified atom stereocenters. The molecule has 1 atom stereocenters. The van der Waals surface area contributed by atoms with Crippen molar-refractivity contribution in [2.24, 2.45) is 11.7 Å². The normalized spacial score (nSPS) is 13.1. The fourth-order valence-corrected chi connectivity index (χ4v) is 2.44. The average molecular weight is 285 g/mol. The Morgan fingerprint density at radius 3 is 2.81 bits per heavy atom. The molecule has 0 saturated carbocycles. The lowest BCUT2D eigenvalue weighted by Crippen LogP contribution is -2.24. The van der Waals surface area contributed by atoms with Crippen LogP contribution in [0.15, 0.2) is 39.3 Å². The molecule has 5 nitrogen and oxygen atoms in total. The van der Waals surface area contributed by atoms with Crippen LogP contribution in [-0.2, 0) is 6.42 Å². The van der Waals surface area contributed by atoms with Gasteiger partial charge in [0, 0.05) is 17.8 Å². The van der Waals surface area contributed by atoms with E-state index in [1.54, 1.807) is 0 Å². The molecule has 0 bridgehead atoms. The Hall–Kier alpha value is -2.14. The van der Waals surface area contributed by atoms with E-state index in [1.165, 1.54) is 0 Å². The van der Waals surface area contributed by atoms with Crippen molar-refractivity contribution in [3.05, 3.63) is 36.2 Å². The van der Waals surface area contributed by atoms with E-state index in [4.69, 9.17) is 14.7 Å². The van der Waals surface area contributed by atoms with Crippen molar-refractivity contribution < 1.29 is 8.94 Å². The van der Waals surface area contributed by atoms with E-state index in [0.717, 1.165) is 17.4 Å². The smallest absolute Gasteiger partial charge is 0.238 e. The van der Waals surface area contributed by atoms with E-state index >= 15 is 0 Å². The maximum Gasteiger partial charge on any atom is 0.238 e. The molecule has 0 saturated heterocycles. The summed E-state index contributed by atoms with van der Waals surface area (Å²) in [6.07, 6.45) is 1.52. The molecule has 0 aliphatic heterocycles.